The molecule has 0 saturated carbocycles. The average molecular weight is 290 g/mol. The van der Waals surface area contributed by atoms with Crippen molar-refractivity contribution < 1.29 is 18.8 Å². The molecule has 1 aromatic rings. The zero-order valence-corrected chi connectivity index (χ0v) is 11.5. The van der Waals surface area contributed by atoms with Gasteiger partial charge in [0.05, 0.1) is 0 Å². The number of barbiturate groups is 1. The number of hydrogen-bond acceptors (Lipinski definition) is 3. The van der Waals surface area contributed by atoms with Crippen LogP contribution in [-0.4, -0.2) is 28.8 Å². The van der Waals surface area contributed by atoms with Gasteiger partial charge in [-0.3, -0.25) is 19.8 Å². The Morgan fingerprint density at radius 1 is 1.33 bits per heavy atom. The number of carbonyl (C=O) groups excluding carboxylic acids is 3. The highest BCUT2D eigenvalue weighted by Crippen LogP contribution is 2.25. The minimum absolute atomic E-state index is 0.349. The molecule has 0 bridgehead atoms. The van der Waals surface area contributed by atoms with Crippen molar-refractivity contribution in [2.75, 3.05) is 0 Å². The van der Waals surface area contributed by atoms with Crippen LogP contribution in [0.25, 0.3) is 0 Å². The van der Waals surface area contributed by atoms with Gasteiger partial charge < -0.3 is 0 Å². The molecule has 6 heteroatoms. The summed E-state index contributed by atoms with van der Waals surface area (Å²) in [4.78, 5) is 37.2. The lowest BCUT2D eigenvalue weighted by molar-refractivity contribution is -0.139. The summed E-state index contributed by atoms with van der Waals surface area (Å²) < 4.78 is 13.0. The molecule has 1 N–H and O–H groups in total. The topological polar surface area (TPSA) is 66.5 Å². The lowest BCUT2D eigenvalue weighted by Gasteiger charge is -2.34. The van der Waals surface area contributed by atoms with Crippen LogP contribution in [0.2, 0.25) is 0 Å². The fraction of sp³-hybridized carbons (Fsp3) is 0.267. The zero-order chi connectivity index (χ0) is 15.6. The van der Waals surface area contributed by atoms with Gasteiger partial charge in [0.2, 0.25) is 11.8 Å². The van der Waals surface area contributed by atoms with E-state index in [1.54, 1.807) is 13.0 Å². The fourth-order valence-electron chi connectivity index (χ4n) is 2.30. The van der Waals surface area contributed by atoms with Crippen molar-refractivity contribution in [1.82, 2.24) is 10.2 Å². The molecule has 2 rings (SSSR count). The summed E-state index contributed by atoms with van der Waals surface area (Å²) in [5, 5.41) is 2.16. The molecular weight excluding hydrogens is 275 g/mol. The standard InChI is InChI=1S/C15H15FN2O3/c1-3-4-9(2)18-14(20)12(13(19)17-15(18)21)10-5-7-11(16)8-6-10/h3,5-9,12H,1,4H2,2H3,(H,17,19,21). The number of benzene rings is 1. The van der Waals surface area contributed by atoms with Gasteiger partial charge in [-0.15, -0.1) is 6.58 Å². The first kappa shape index (κ1) is 14.9. The van der Waals surface area contributed by atoms with E-state index in [1.165, 1.54) is 24.3 Å². The Balaban J connectivity index is 2.34. The first-order valence-corrected chi connectivity index (χ1v) is 6.50. The maximum absolute atomic E-state index is 13.0. The Morgan fingerprint density at radius 2 is 1.95 bits per heavy atom. The highest BCUT2D eigenvalue weighted by molar-refractivity contribution is 6.19. The van der Waals surface area contributed by atoms with E-state index >= 15 is 0 Å². The molecule has 0 aromatic heterocycles. The summed E-state index contributed by atoms with van der Waals surface area (Å²) in [6.07, 6.45) is 2.01. The minimum Gasteiger partial charge on any atom is -0.277 e. The summed E-state index contributed by atoms with van der Waals surface area (Å²) in [6.45, 7) is 5.26. The molecule has 1 saturated heterocycles. The number of hydrogen-bond donors (Lipinski definition) is 1. The van der Waals surface area contributed by atoms with Crippen molar-refractivity contribution >= 4 is 17.8 Å². The monoisotopic (exact) mass is 290 g/mol. The Labute approximate surface area is 121 Å². The number of amides is 4. The molecule has 0 aliphatic carbocycles. The second kappa shape index (κ2) is 5.87. The smallest absolute Gasteiger partial charge is 0.277 e. The maximum atomic E-state index is 13.0. The SMILES string of the molecule is C=CCC(C)N1C(=O)NC(=O)C(c2ccc(F)cc2)C1=O. The third-order valence-corrected chi connectivity index (χ3v) is 3.35. The molecule has 1 heterocycles. The maximum Gasteiger partial charge on any atom is 0.331 e. The third kappa shape index (κ3) is 2.84. The number of carbonyl (C=O) groups is 3. The molecule has 4 amide bonds. The van der Waals surface area contributed by atoms with E-state index in [-0.39, 0.29) is 0 Å². The first-order valence-electron chi connectivity index (χ1n) is 6.50. The van der Waals surface area contributed by atoms with Gasteiger partial charge in [0.15, 0.2) is 0 Å². The van der Waals surface area contributed by atoms with Crippen LogP contribution >= 0.6 is 0 Å². The zero-order valence-electron chi connectivity index (χ0n) is 11.5. The van der Waals surface area contributed by atoms with Gasteiger partial charge in [0.1, 0.15) is 11.7 Å². The number of imide groups is 2. The Morgan fingerprint density at radius 3 is 2.52 bits per heavy atom. The van der Waals surface area contributed by atoms with Crippen molar-refractivity contribution in [3.05, 3.63) is 48.3 Å². The molecule has 110 valence electrons. The fourth-order valence-corrected chi connectivity index (χ4v) is 2.30. The summed E-state index contributed by atoms with van der Waals surface area (Å²) in [5.41, 5.74) is 0.349. The van der Waals surface area contributed by atoms with Crippen molar-refractivity contribution in [1.29, 1.82) is 0 Å². The quantitative estimate of drug-likeness (QED) is 0.681. The van der Waals surface area contributed by atoms with Gasteiger partial charge in [-0.05, 0) is 31.0 Å². The lowest BCUT2D eigenvalue weighted by Crippen LogP contribution is -2.59. The number of halogens is 1. The van der Waals surface area contributed by atoms with Crippen LogP contribution in [0.1, 0.15) is 24.8 Å². The Bertz CT molecular complexity index is 597. The Hall–Kier alpha value is -2.50. The van der Waals surface area contributed by atoms with Crippen molar-refractivity contribution in [3.63, 3.8) is 0 Å². The van der Waals surface area contributed by atoms with E-state index in [9.17, 15) is 18.8 Å². The highest BCUT2D eigenvalue weighted by atomic mass is 19.1. The van der Waals surface area contributed by atoms with Gasteiger partial charge in [0, 0.05) is 6.04 Å². The van der Waals surface area contributed by atoms with Gasteiger partial charge in [-0.25, -0.2) is 9.18 Å². The Kier molecular flexibility index (Phi) is 4.16. The van der Waals surface area contributed by atoms with Crippen LogP contribution in [-0.2, 0) is 9.59 Å². The summed E-state index contributed by atoms with van der Waals surface area (Å²) >= 11 is 0. The summed E-state index contributed by atoms with van der Waals surface area (Å²) in [5.74, 6) is -2.91. The molecule has 1 aliphatic rings. The van der Waals surface area contributed by atoms with Crippen LogP contribution in [0.4, 0.5) is 9.18 Å². The molecule has 2 unspecified atom stereocenters. The number of nitrogens with zero attached hydrogens (tertiary/aromatic N) is 1. The second-order valence-electron chi connectivity index (χ2n) is 4.86. The van der Waals surface area contributed by atoms with E-state index in [0.717, 1.165) is 4.90 Å². The predicted molar refractivity (Wildman–Crippen MR) is 73.8 cm³/mol. The van der Waals surface area contributed by atoms with Crippen LogP contribution in [0.3, 0.4) is 0 Å². The van der Waals surface area contributed by atoms with Gasteiger partial charge >= 0.3 is 6.03 Å². The lowest BCUT2D eigenvalue weighted by atomic mass is 9.94. The summed E-state index contributed by atoms with van der Waals surface area (Å²) in [6, 6.07) is 3.92. The number of rotatable bonds is 4. The molecular formula is C15H15FN2O3. The van der Waals surface area contributed by atoms with Crippen molar-refractivity contribution in [2.24, 2.45) is 0 Å². The van der Waals surface area contributed by atoms with Crippen LogP contribution in [0.15, 0.2) is 36.9 Å². The van der Waals surface area contributed by atoms with E-state index in [0.29, 0.717) is 12.0 Å². The van der Waals surface area contributed by atoms with Crippen LogP contribution in [0, 0.1) is 5.82 Å². The molecule has 1 fully saturated rings. The molecule has 0 spiro atoms. The second-order valence-corrected chi connectivity index (χ2v) is 4.86. The highest BCUT2D eigenvalue weighted by Gasteiger charge is 2.42. The minimum atomic E-state index is -1.14. The first-order chi connectivity index (χ1) is 9.95. The largest absolute Gasteiger partial charge is 0.331 e. The van der Waals surface area contributed by atoms with Gasteiger partial charge in [0.25, 0.3) is 0 Å². The van der Waals surface area contributed by atoms with Crippen LogP contribution < -0.4 is 5.32 Å². The van der Waals surface area contributed by atoms with E-state index in [2.05, 4.69) is 11.9 Å². The van der Waals surface area contributed by atoms with Crippen molar-refractivity contribution in [3.8, 4) is 0 Å². The molecule has 1 aromatic carbocycles. The molecule has 5 nitrogen and oxygen atoms in total. The van der Waals surface area contributed by atoms with Gasteiger partial charge in [-0.2, -0.15) is 0 Å². The third-order valence-electron chi connectivity index (χ3n) is 3.35. The number of nitrogens with one attached hydrogen (secondary N) is 1. The molecule has 21 heavy (non-hydrogen) atoms. The predicted octanol–water partition coefficient (Wildman–Crippen LogP) is 1.95. The summed E-state index contributed by atoms with van der Waals surface area (Å²) in [7, 11) is 0. The van der Waals surface area contributed by atoms with E-state index in [4.69, 9.17) is 0 Å². The normalized spacial score (nSPS) is 20.2. The van der Waals surface area contributed by atoms with Crippen LogP contribution in [0.5, 0.6) is 0 Å². The molecule has 1 aliphatic heterocycles. The van der Waals surface area contributed by atoms with Crippen molar-refractivity contribution in [2.45, 2.75) is 25.3 Å². The van der Waals surface area contributed by atoms with E-state index in [1.807, 2.05) is 0 Å². The average Bonchev–Trinajstić information content (AvgIpc) is 2.40. The van der Waals surface area contributed by atoms with Gasteiger partial charge in [-0.1, -0.05) is 18.2 Å². The van der Waals surface area contributed by atoms with E-state index < -0.39 is 35.6 Å². The molecule has 2 atom stereocenters. The number of urea groups is 1. The molecule has 0 radical (unpaired) electrons.